The van der Waals surface area contributed by atoms with E-state index in [4.69, 9.17) is 23.2 Å². The summed E-state index contributed by atoms with van der Waals surface area (Å²) in [6.45, 7) is 0. The zero-order valence-electron chi connectivity index (χ0n) is 25.3. The van der Waals surface area contributed by atoms with E-state index in [1.165, 1.54) is 30.0 Å². The predicted octanol–water partition coefficient (Wildman–Crippen LogP) is 9.89. The van der Waals surface area contributed by atoms with Crippen LogP contribution >= 0.6 is 35.0 Å². The molecule has 5 aromatic rings. The number of alkyl halides is 3. The monoisotopic (exact) mass is 719 g/mol. The van der Waals surface area contributed by atoms with Crippen LogP contribution in [0.25, 0.3) is 6.08 Å². The Morgan fingerprint density at radius 3 is 2.04 bits per heavy atom. The highest BCUT2D eigenvalue weighted by atomic mass is 35.5. The van der Waals surface area contributed by atoms with E-state index in [1.807, 2.05) is 0 Å². The first-order chi connectivity index (χ1) is 23.5. The maximum Gasteiger partial charge on any atom is 0.416 e. The molecule has 0 aliphatic rings. The molecule has 0 heterocycles. The van der Waals surface area contributed by atoms with E-state index in [0.29, 0.717) is 27.3 Å². The SMILES string of the molecule is O=C(Nc1ccc(SC(C(=O)Nc2cccc(C(F)(F)F)c2)c2ccccc2)cc1)/C(=C/c1cccc(Cl)c1Cl)NC(=O)c1ccccc1. The molecule has 0 saturated carbocycles. The van der Waals surface area contributed by atoms with E-state index in [1.54, 1.807) is 103 Å². The Labute approximate surface area is 294 Å². The molecule has 5 aromatic carbocycles. The summed E-state index contributed by atoms with van der Waals surface area (Å²) in [7, 11) is 0. The van der Waals surface area contributed by atoms with Crippen molar-refractivity contribution in [3.8, 4) is 0 Å². The first-order valence-corrected chi connectivity index (χ1v) is 16.2. The standard InChI is InChI=1S/C37H26Cl2F3N3O3S/c38-30-16-7-13-25(32(30)39)21-31(45-34(46)24-11-5-2-6-12-24)35(47)43-27-17-19-29(20-18-27)49-33(23-9-3-1-4-10-23)36(48)44-28-15-8-14-26(22-28)37(40,41)42/h1-22,33H,(H,43,47)(H,44,48)(H,45,46)/b31-21-. The Balaban J connectivity index is 1.34. The number of anilines is 2. The van der Waals surface area contributed by atoms with Gasteiger partial charge >= 0.3 is 6.18 Å². The largest absolute Gasteiger partial charge is 0.416 e. The van der Waals surface area contributed by atoms with Gasteiger partial charge in [-0.1, -0.05) is 89.9 Å². The van der Waals surface area contributed by atoms with Crippen molar-refractivity contribution in [2.24, 2.45) is 0 Å². The van der Waals surface area contributed by atoms with Crippen LogP contribution in [-0.4, -0.2) is 17.7 Å². The van der Waals surface area contributed by atoms with Crippen LogP contribution in [-0.2, 0) is 15.8 Å². The van der Waals surface area contributed by atoms with Gasteiger partial charge in [0.2, 0.25) is 5.91 Å². The normalized spacial score (nSPS) is 12.1. The van der Waals surface area contributed by atoms with Gasteiger partial charge in [0.25, 0.3) is 11.8 Å². The van der Waals surface area contributed by atoms with Crippen molar-refractivity contribution in [3.05, 3.63) is 165 Å². The second-order valence-electron chi connectivity index (χ2n) is 10.5. The molecule has 0 spiro atoms. The topological polar surface area (TPSA) is 87.3 Å². The molecule has 0 fully saturated rings. The summed E-state index contributed by atoms with van der Waals surface area (Å²) in [6, 6.07) is 33.1. The number of hydrogen-bond donors (Lipinski definition) is 3. The molecule has 1 atom stereocenters. The van der Waals surface area contributed by atoms with Gasteiger partial charge in [0, 0.05) is 21.8 Å². The lowest BCUT2D eigenvalue weighted by Crippen LogP contribution is -2.30. The Morgan fingerprint density at radius 2 is 1.37 bits per heavy atom. The third-order valence-electron chi connectivity index (χ3n) is 6.97. The van der Waals surface area contributed by atoms with E-state index >= 15 is 0 Å². The summed E-state index contributed by atoms with van der Waals surface area (Å²) in [5, 5.41) is 7.67. The smallest absolute Gasteiger partial charge is 0.325 e. The lowest BCUT2D eigenvalue weighted by atomic mass is 10.1. The summed E-state index contributed by atoms with van der Waals surface area (Å²) >= 11 is 13.7. The fourth-order valence-electron chi connectivity index (χ4n) is 4.56. The molecule has 49 heavy (non-hydrogen) atoms. The molecule has 12 heteroatoms. The van der Waals surface area contributed by atoms with Gasteiger partial charge in [0.05, 0.1) is 15.6 Å². The molecule has 5 rings (SSSR count). The Hall–Kier alpha value is -5.03. The van der Waals surface area contributed by atoms with Crippen LogP contribution in [0.1, 0.15) is 32.3 Å². The summed E-state index contributed by atoms with van der Waals surface area (Å²) in [5.74, 6) is -1.66. The fraction of sp³-hybridized carbons (Fsp3) is 0.0541. The molecule has 248 valence electrons. The molecule has 6 nitrogen and oxygen atoms in total. The van der Waals surface area contributed by atoms with Gasteiger partial charge in [-0.05, 0) is 77.9 Å². The quantitative estimate of drug-likeness (QED) is 0.0991. The van der Waals surface area contributed by atoms with Crippen LogP contribution in [0.2, 0.25) is 10.0 Å². The summed E-state index contributed by atoms with van der Waals surface area (Å²) in [5.41, 5.74) is 0.822. The number of halogens is 5. The minimum atomic E-state index is -4.56. The average molecular weight is 721 g/mol. The van der Waals surface area contributed by atoms with Gasteiger partial charge in [0.1, 0.15) is 10.9 Å². The molecule has 3 amide bonds. The van der Waals surface area contributed by atoms with E-state index in [-0.39, 0.29) is 21.4 Å². The minimum Gasteiger partial charge on any atom is -0.325 e. The van der Waals surface area contributed by atoms with Crippen molar-refractivity contribution in [2.75, 3.05) is 10.6 Å². The van der Waals surface area contributed by atoms with Gasteiger partial charge in [-0.3, -0.25) is 14.4 Å². The van der Waals surface area contributed by atoms with Crippen LogP contribution in [0.5, 0.6) is 0 Å². The molecule has 0 bridgehead atoms. The Morgan fingerprint density at radius 1 is 0.714 bits per heavy atom. The number of rotatable bonds is 10. The molecule has 0 aromatic heterocycles. The van der Waals surface area contributed by atoms with Gasteiger partial charge in [-0.15, -0.1) is 11.8 Å². The van der Waals surface area contributed by atoms with Crippen molar-refractivity contribution in [1.29, 1.82) is 0 Å². The lowest BCUT2D eigenvalue weighted by molar-refractivity contribution is -0.137. The molecule has 1 unspecified atom stereocenters. The molecular weight excluding hydrogens is 694 g/mol. The van der Waals surface area contributed by atoms with Crippen LogP contribution in [0.4, 0.5) is 24.5 Å². The average Bonchev–Trinajstić information content (AvgIpc) is 3.10. The fourth-order valence-corrected chi connectivity index (χ4v) is 5.95. The van der Waals surface area contributed by atoms with Crippen molar-refractivity contribution >= 4 is 70.1 Å². The van der Waals surface area contributed by atoms with Crippen LogP contribution in [0.3, 0.4) is 0 Å². The summed E-state index contributed by atoms with van der Waals surface area (Å²) < 4.78 is 39.8. The zero-order chi connectivity index (χ0) is 35.0. The van der Waals surface area contributed by atoms with Crippen molar-refractivity contribution in [1.82, 2.24) is 5.32 Å². The van der Waals surface area contributed by atoms with E-state index in [9.17, 15) is 27.6 Å². The van der Waals surface area contributed by atoms with Crippen molar-refractivity contribution in [2.45, 2.75) is 16.3 Å². The first kappa shape index (κ1) is 35.3. The second kappa shape index (κ2) is 15.9. The van der Waals surface area contributed by atoms with Gasteiger partial charge in [-0.2, -0.15) is 13.2 Å². The number of nitrogens with one attached hydrogen (secondary N) is 3. The third-order valence-corrected chi connectivity index (χ3v) is 9.07. The molecule has 0 aliphatic carbocycles. The van der Waals surface area contributed by atoms with Crippen LogP contribution in [0.15, 0.2) is 138 Å². The minimum absolute atomic E-state index is 0.0155. The molecule has 0 radical (unpaired) electrons. The van der Waals surface area contributed by atoms with E-state index in [0.717, 1.165) is 12.1 Å². The second-order valence-corrected chi connectivity index (χ2v) is 12.4. The zero-order valence-corrected chi connectivity index (χ0v) is 27.6. The summed E-state index contributed by atoms with van der Waals surface area (Å²) in [6.07, 6.45) is -3.14. The van der Waals surface area contributed by atoms with Crippen LogP contribution < -0.4 is 16.0 Å². The number of carbonyl (C=O) groups is 3. The first-order valence-electron chi connectivity index (χ1n) is 14.6. The number of thioether (sulfide) groups is 1. The van der Waals surface area contributed by atoms with Crippen molar-refractivity contribution in [3.63, 3.8) is 0 Å². The van der Waals surface area contributed by atoms with Gasteiger partial charge < -0.3 is 16.0 Å². The Kier molecular flexibility index (Phi) is 11.5. The van der Waals surface area contributed by atoms with Gasteiger partial charge in [-0.25, -0.2) is 0 Å². The van der Waals surface area contributed by atoms with Gasteiger partial charge in [0.15, 0.2) is 0 Å². The predicted molar refractivity (Wildman–Crippen MR) is 189 cm³/mol. The maximum atomic E-state index is 13.5. The maximum absolute atomic E-state index is 13.5. The van der Waals surface area contributed by atoms with E-state index < -0.39 is 34.7 Å². The number of benzene rings is 5. The lowest BCUT2D eigenvalue weighted by Gasteiger charge is -2.18. The summed E-state index contributed by atoms with van der Waals surface area (Å²) in [4.78, 5) is 40.5. The van der Waals surface area contributed by atoms with Crippen molar-refractivity contribution < 1.29 is 27.6 Å². The number of carbonyl (C=O) groups excluding carboxylic acids is 3. The molecular formula is C37H26Cl2F3N3O3S. The highest BCUT2D eigenvalue weighted by molar-refractivity contribution is 8.00. The number of hydrogen-bond acceptors (Lipinski definition) is 4. The van der Waals surface area contributed by atoms with E-state index in [2.05, 4.69) is 16.0 Å². The Bertz CT molecular complexity index is 1990. The highest BCUT2D eigenvalue weighted by Crippen LogP contribution is 2.37. The molecule has 0 aliphatic heterocycles. The third kappa shape index (κ3) is 9.54. The number of amides is 3. The van der Waals surface area contributed by atoms with Crippen LogP contribution in [0, 0.1) is 0 Å². The molecule has 0 saturated heterocycles. The highest BCUT2D eigenvalue weighted by Gasteiger charge is 2.31. The molecule has 3 N–H and O–H groups in total.